The van der Waals surface area contributed by atoms with Crippen LogP contribution >= 0.6 is 23.1 Å². The first kappa shape index (κ1) is 20.2. The molecule has 0 fully saturated rings. The summed E-state index contributed by atoms with van der Waals surface area (Å²) in [6.45, 7) is 7.67. The molecule has 1 amide bonds. The molecule has 8 heteroatoms. The number of carbonyl (C=O) groups is 1. The Morgan fingerprint density at radius 2 is 2.04 bits per heavy atom. The number of aryl methyl sites for hydroxylation is 1. The number of anilines is 2. The lowest BCUT2D eigenvalue weighted by Crippen LogP contribution is -2.49. The highest BCUT2D eigenvalue weighted by Gasteiger charge is 2.29. The summed E-state index contributed by atoms with van der Waals surface area (Å²) in [5.74, 6) is 0.0367. The van der Waals surface area contributed by atoms with E-state index in [1.807, 2.05) is 26.0 Å². The summed E-state index contributed by atoms with van der Waals surface area (Å²) in [6, 6.07) is 10.3. The Labute approximate surface area is 162 Å². The minimum Gasteiger partial charge on any atom is -0.337 e. The third kappa shape index (κ3) is 5.44. The fraction of sp³-hybridized carbons (Fsp3) is 0.444. The van der Waals surface area contributed by atoms with Gasteiger partial charge < -0.3 is 10.6 Å². The van der Waals surface area contributed by atoms with E-state index in [1.54, 1.807) is 6.92 Å². The molecule has 0 saturated carbocycles. The number of amides is 1. The summed E-state index contributed by atoms with van der Waals surface area (Å²) in [6.07, 6.45) is 1.00. The van der Waals surface area contributed by atoms with Gasteiger partial charge in [-0.1, -0.05) is 56.0 Å². The molecule has 1 aromatic heterocycles. The Kier molecular flexibility index (Phi) is 7.00. The van der Waals surface area contributed by atoms with E-state index in [0.29, 0.717) is 9.47 Å². The van der Waals surface area contributed by atoms with Crippen LogP contribution in [0.2, 0.25) is 0 Å². The molecule has 0 radical (unpaired) electrons. The molecule has 0 aliphatic heterocycles. The standard InChI is InChI=1S/C18H23N5OS2/c1-5-13-6-8-14(9-7-13)20-16-22-23-17(26-16)25-10-15(24)21-18(4,11-19)12(2)3/h6-9,12H,5,10H2,1-4H3,(H,20,22)(H,21,24)/t18-/m0/s1. The Balaban J connectivity index is 1.88. The minimum atomic E-state index is -0.865. The normalized spacial score (nSPS) is 13.1. The maximum atomic E-state index is 12.1. The molecule has 2 N–H and O–H groups in total. The first-order chi connectivity index (χ1) is 12.4. The molecule has 0 aliphatic carbocycles. The first-order valence-corrected chi connectivity index (χ1v) is 10.2. The number of benzene rings is 1. The Bertz CT molecular complexity index is 782. The zero-order valence-electron chi connectivity index (χ0n) is 15.4. The maximum Gasteiger partial charge on any atom is 0.231 e. The third-order valence-corrected chi connectivity index (χ3v) is 6.10. The number of rotatable bonds is 8. The highest BCUT2D eigenvalue weighted by atomic mass is 32.2. The van der Waals surface area contributed by atoms with E-state index in [0.717, 1.165) is 12.1 Å². The van der Waals surface area contributed by atoms with Gasteiger partial charge in [-0.3, -0.25) is 4.79 Å². The molecular weight excluding hydrogens is 366 g/mol. The average Bonchev–Trinajstić information content (AvgIpc) is 3.07. The number of nitrogens with zero attached hydrogens (tertiary/aromatic N) is 3. The van der Waals surface area contributed by atoms with Gasteiger partial charge in [0.1, 0.15) is 5.54 Å². The van der Waals surface area contributed by atoms with E-state index < -0.39 is 5.54 Å². The lowest BCUT2D eigenvalue weighted by atomic mass is 9.90. The Morgan fingerprint density at radius 3 is 2.62 bits per heavy atom. The van der Waals surface area contributed by atoms with Gasteiger partial charge in [0, 0.05) is 5.69 Å². The summed E-state index contributed by atoms with van der Waals surface area (Å²) < 4.78 is 0.705. The fourth-order valence-electron chi connectivity index (χ4n) is 2.02. The quantitative estimate of drug-likeness (QED) is 0.663. The van der Waals surface area contributed by atoms with Crippen molar-refractivity contribution in [2.24, 2.45) is 5.92 Å². The van der Waals surface area contributed by atoms with Crippen LogP contribution in [0.25, 0.3) is 0 Å². The van der Waals surface area contributed by atoms with Crippen LogP contribution in [0.3, 0.4) is 0 Å². The van der Waals surface area contributed by atoms with Crippen LogP contribution in [0.1, 0.15) is 33.3 Å². The number of thioether (sulfide) groups is 1. The van der Waals surface area contributed by atoms with E-state index in [1.165, 1.54) is 28.7 Å². The smallest absolute Gasteiger partial charge is 0.231 e. The van der Waals surface area contributed by atoms with Crippen LogP contribution in [0.4, 0.5) is 10.8 Å². The van der Waals surface area contributed by atoms with Gasteiger partial charge in [0.2, 0.25) is 11.0 Å². The molecule has 2 rings (SSSR count). The molecule has 0 spiro atoms. The second-order valence-corrected chi connectivity index (χ2v) is 8.55. The largest absolute Gasteiger partial charge is 0.337 e. The van der Waals surface area contributed by atoms with Gasteiger partial charge in [-0.05, 0) is 37.0 Å². The van der Waals surface area contributed by atoms with Crippen molar-refractivity contribution in [1.82, 2.24) is 15.5 Å². The number of hydrogen-bond acceptors (Lipinski definition) is 7. The van der Waals surface area contributed by atoms with Crippen LogP contribution in [-0.2, 0) is 11.2 Å². The first-order valence-electron chi connectivity index (χ1n) is 8.40. The minimum absolute atomic E-state index is 0.0258. The van der Waals surface area contributed by atoms with Crippen LogP contribution in [0.15, 0.2) is 28.6 Å². The highest BCUT2D eigenvalue weighted by Crippen LogP contribution is 2.28. The molecule has 1 heterocycles. The van der Waals surface area contributed by atoms with Gasteiger partial charge in [-0.15, -0.1) is 10.2 Å². The van der Waals surface area contributed by atoms with E-state index in [-0.39, 0.29) is 17.6 Å². The van der Waals surface area contributed by atoms with Crippen LogP contribution in [0.5, 0.6) is 0 Å². The molecule has 0 unspecified atom stereocenters. The SMILES string of the molecule is CCc1ccc(Nc2nnc(SCC(=O)N[C@@](C)(C#N)C(C)C)s2)cc1. The van der Waals surface area contributed by atoms with Crippen molar-refractivity contribution in [2.75, 3.05) is 11.1 Å². The van der Waals surface area contributed by atoms with Crippen molar-refractivity contribution < 1.29 is 4.79 Å². The maximum absolute atomic E-state index is 12.1. The van der Waals surface area contributed by atoms with E-state index in [9.17, 15) is 10.1 Å². The molecule has 0 bridgehead atoms. The van der Waals surface area contributed by atoms with Gasteiger partial charge in [0.25, 0.3) is 0 Å². The molecule has 138 valence electrons. The van der Waals surface area contributed by atoms with Crippen molar-refractivity contribution in [3.63, 3.8) is 0 Å². The topological polar surface area (TPSA) is 90.7 Å². The van der Waals surface area contributed by atoms with Crippen molar-refractivity contribution in [1.29, 1.82) is 5.26 Å². The molecule has 6 nitrogen and oxygen atoms in total. The lowest BCUT2D eigenvalue weighted by molar-refractivity contribution is -0.120. The predicted molar refractivity (Wildman–Crippen MR) is 107 cm³/mol. The number of carbonyl (C=O) groups excluding carboxylic acids is 1. The highest BCUT2D eigenvalue weighted by molar-refractivity contribution is 8.01. The monoisotopic (exact) mass is 389 g/mol. The summed E-state index contributed by atoms with van der Waals surface area (Å²) >= 11 is 2.71. The van der Waals surface area contributed by atoms with E-state index in [4.69, 9.17) is 0 Å². The van der Waals surface area contributed by atoms with Gasteiger partial charge in [-0.25, -0.2) is 0 Å². The second-order valence-electron chi connectivity index (χ2n) is 6.35. The molecular formula is C18H23N5OS2. The summed E-state index contributed by atoms with van der Waals surface area (Å²) in [5.41, 5.74) is 1.37. The lowest BCUT2D eigenvalue weighted by Gasteiger charge is -2.27. The Hall–Kier alpha value is -2.11. The van der Waals surface area contributed by atoms with Gasteiger partial charge in [0.15, 0.2) is 4.34 Å². The van der Waals surface area contributed by atoms with E-state index in [2.05, 4.69) is 46.0 Å². The van der Waals surface area contributed by atoms with Crippen LogP contribution in [0, 0.1) is 17.2 Å². The molecule has 0 saturated heterocycles. The summed E-state index contributed by atoms with van der Waals surface area (Å²) in [7, 11) is 0. The zero-order chi connectivity index (χ0) is 19.2. The Morgan fingerprint density at radius 1 is 1.35 bits per heavy atom. The molecule has 1 atom stereocenters. The molecule has 0 aliphatic rings. The average molecular weight is 390 g/mol. The second kappa shape index (κ2) is 9.01. The third-order valence-electron chi connectivity index (χ3n) is 4.13. The number of nitrogens with one attached hydrogen (secondary N) is 2. The van der Waals surface area contributed by atoms with Gasteiger partial charge in [0.05, 0.1) is 11.8 Å². The van der Waals surface area contributed by atoms with E-state index >= 15 is 0 Å². The van der Waals surface area contributed by atoms with Crippen molar-refractivity contribution in [2.45, 2.75) is 44.0 Å². The number of nitriles is 1. The predicted octanol–water partition coefficient (Wildman–Crippen LogP) is 3.99. The number of hydrogen-bond donors (Lipinski definition) is 2. The summed E-state index contributed by atoms with van der Waals surface area (Å²) in [5, 5.41) is 24.1. The number of aromatic nitrogens is 2. The van der Waals surface area contributed by atoms with Crippen molar-refractivity contribution in [3.8, 4) is 6.07 Å². The van der Waals surface area contributed by atoms with Crippen LogP contribution < -0.4 is 10.6 Å². The fourth-order valence-corrected chi connectivity index (χ4v) is 3.59. The van der Waals surface area contributed by atoms with Crippen molar-refractivity contribution in [3.05, 3.63) is 29.8 Å². The molecule has 26 heavy (non-hydrogen) atoms. The zero-order valence-corrected chi connectivity index (χ0v) is 17.0. The van der Waals surface area contributed by atoms with Gasteiger partial charge >= 0.3 is 0 Å². The van der Waals surface area contributed by atoms with Crippen LogP contribution in [-0.4, -0.2) is 27.4 Å². The molecule has 2 aromatic rings. The summed E-state index contributed by atoms with van der Waals surface area (Å²) in [4.78, 5) is 12.1. The van der Waals surface area contributed by atoms with Crippen molar-refractivity contribution >= 4 is 39.8 Å². The molecule has 1 aromatic carbocycles. The van der Waals surface area contributed by atoms with Gasteiger partial charge in [-0.2, -0.15) is 5.26 Å².